The van der Waals surface area contributed by atoms with E-state index in [-0.39, 0.29) is 6.03 Å². The Labute approximate surface area is 85.8 Å². The SMILES string of the molecule is CCCN(CC)S1(NC(=O)NC)OO1. The van der Waals surface area contributed by atoms with Crippen molar-refractivity contribution in [2.75, 3.05) is 20.1 Å². The van der Waals surface area contributed by atoms with Gasteiger partial charge in [0.25, 0.3) is 0 Å². The third kappa shape index (κ3) is 2.50. The van der Waals surface area contributed by atoms with E-state index in [1.807, 2.05) is 11.2 Å². The molecule has 1 rings (SSSR count). The lowest BCUT2D eigenvalue weighted by atomic mass is 10.5. The Kier molecular flexibility index (Phi) is 3.99. The number of hydrogen-bond donors (Lipinski definition) is 2. The quantitative estimate of drug-likeness (QED) is 0.540. The van der Waals surface area contributed by atoms with E-state index in [1.165, 1.54) is 0 Å². The lowest BCUT2D eigenvalue weighted by molar-refractivity contribution is 0.0850. The summed E-state index contributed by atoms with van der Waals surface area (Å²) in [6.07, 6.45) is 0.991. The van der Waals surface area contributed by atoms with Crippen LogP contribution in [0.1, 0.15) is 20.3 Å². The molecule has 0 bridgehead atoms. The van der Waals surface area contributed by atoms with Crippen LogP contribution in [0.3, 0.4) is 0 Å². The summed E-state index contributed by atoms with van der Waals surface area (Å²) in [5.74, 6) is 0. The van der Waals surface area contributed by atoms with Gasteiger partial charge in [0.2, 0.25) is 0 Å². The van der Waals surface area contributed by atoms with Crippen molar-refractivity contribution in [1.82, 2.24) is 14.3 Å². The normalized spacial score (nSPS) is 20.3. The summed E-state index contributed by atoms with van der Waals surface area (Å²) in [4.78, 5) is 11.1. The Balaban J connectivity index is 2.50. The first-order valence-electron chi connectivity index (χ1n) is 4.64. The van der Waals surface area contributed by atoms with Crippen molar-refractivity contribution < 1.29 is 13.5 Å². The molecule has 0 saturated carbocycles. The molecule has 0 radical (unpaired) electrons. The molecule has 1 saturated heterocycles. The molecule has 1 fully saturated rings. The van der Waals surface area contributed by atoms with Gasteiger partial charge in [0.1, 0.15) is 0 Å². The molecule has 84 valence electrons. The molecule has 0 aromatic heterocycles. The van der Waals surface area contributed by atoms with Crippen molar-refractivity contribution in [3.63, 3.8) is 0 Å². The fourth-order valence-electron chi connectivity index (χ4n) is 1.08. The van der Waals surface area contributed by atoms with Crippen molar-refractivity contribution in [2.24, 2.45) is 0 Å². The summed E-state index contributed by atoms with van der Waals surface area (Å²) in [5.41, 5.74) is 0. The molecule has 0 spiro atoms. The molecule has 14 heavy (non-hydrogen) atoms. The Hall–Kier alpha value is -0.500. The molecule has 6 nitrogen and oxygen atoms in total. The Morgan fingerprint density at radius 2 is 2.07 bits per heavy atom. The molecule has 0 unspecified atom stereocenters. The molecule has 2 amide bonds. The topological polar surface area (TPSA) is 69.4 Å². The average molecular weight is 223 g/mol. The van der Waals surface area contributed by atoms with Crippen LogP contribution < -0.4 is 10.0 Å². The smallest absolute Gasteiger partial charge is 0.334 e. The molecule has 7 heteroatoms. The van der Waals surface area contributed by atoms with E-state index in [2.05, 4.69) is 17.0 Å². The van der Waals surface area contributed by atoms with Crippen LogP contribution in [0.25, 0.3) is 0 Å². The van der Waals surface area contributed by atoms with Crippen LogP contribution in [-0.2, 0) is 8.67 Å². The maximum Gasteiger partial charge on any atom is 0.334 e. The second-order valence-electron chi connectivity index (χ2n) is 2.81. The van der Waals surface area contributed by atoms with Gasteiger partial charge in [-0.15, -0.1) is 0 Å². The van der Waals surface area contributed by atoms with E-state index in [1.54, 1.807) is 7.05 Å². The maximum atomic E-state index is 11.1. The first kappa shape index (κ1) is 11.6. The largest absolute Gasteiger partial charge is 0.340 e. The van der Waals surface area contributed by atoms with Gasteiger partial charge in [-0.05, 0) is 6.42 Å². The van der Waals surface area contributed by atoms with Gasteiger partial charge >= 0.3 is 6.03 Å². The van der Waals surface area contributed by atoms with E-state index < -0.39 is 11.0 Å². The second-order valence-corrected chi connectivity index (χ2v) is 4.76. The highest BCUT2D eigenvalue weighted by molar-refractivity contribution is 8.26. The number of rotatable bonds is 5. The standard InChI is InChI=1S/C7H17N3O3S/c1-4-6-10(5-2)14(12-13-14)9-7(11)8-3/h4-6H2,1-3H3,(H2,8,9,11). The van der Waals surface area contributed by atoms with Crippen molar-refractivity contribution in [1.29, 1.82) is 0 Å². The van der Waals surface area contributed by atoms with Crippen LogP contribution in [0.5, 0.6) is 0 Å². The van der Waals surface area contributed by atoms with Crippen LogP contribution >= 0.6 is 11.0 Å². The van der Waals surface area contributed by atoms with Gasteiger partial charge in [0.05, 0.1) is 0 Å². The molecule has 0 aliphatic carbocycles. The van der Waals surface area contributed by atoms with Gasteiger partial charge in [-0.1, -0.05) is 22.5 Å². The van der Waals surface area contributed by atoms with Crippen molar-refractivity contribution in [3.8, 4) is 0 Å². The Morgan fingerprint density at radius 1 is 1.43 bits per heavy atom. The monoisotopic (exact) mass is 223 g/mol. The lowest BCUT2D eigenvalue weighted by Gasteiger charge is -2.28. The van der Waals surface area contributed by atoms with Crippen LogP contribution in [0.15, 0.2) is 0 Å². The predicted octanol–water partition coefficient (Wildman–Crippen LogP) is 1.07. The van der Waals surface area contributed by atoms with E-state index in [4.69, 9.17) is 8.67 Å². The fourth-order valence-corrected chi connectivity index (χ4v) is 2.76. The minimum atomic E-state index is -1.92. The van der Waals surface area contributed by atoms with E-state index in [9.17, 15) is 4.79 Å². The number of nitrogens with one attached hydrogen (secondary N) is 2. The first-order chi connectivity index (χ1) is 6.68. The second kappa shape index (κ2) is 4.83. The molecule has 0 atom stereocenters. The van der Waals surface area contributed by atoms with Crippen LogP contribution in [0.2, 0.25) is 0 Å². The zero-order chi connectivity index (χ0) is 10.6. The van der Waals surface area contributed by atoms with Gasteiger partial charge in [-0.3, -0.25) is 0 Å². The molecule has 1 heterocycles. The minimum Gasteiger partial charge on any atom is -0.340 e. The van der Waals surface area contributed by atoms with Crippen LogP contribution in [0.4, 0.5) is 4.79 Å². The van der Waals surface area contributed by atoms with Gasteiger partial charge in [0, 0.05) is 31.1 Å². The minimum absolute atomic E-state index is 0.285. The van der Waals surface area contributed by atoms with Gasteiger partial charge in [-0.25, -0.2) is 9.52 Å². The molecular formula is C7H17N3O3S. The average Bonchev–Trinajstić information content (AvgIpc) is 2.95. The number of nitrogens with zero attached hydrogens (tertiary/aromatic N) is 1. The summed E-state index contributed by atoms with van der Waals surface area (Å²) in [6, 6.07) is -0.285. The van der Waals surface area contributed by atoms with Crippen LogP contribution in [0, 0.1) is 0 Å². The number of carbonyl (C=O) groups excluding carboxylic acids is 1. The number of urea groups is 1. The summed E-state index contributed by atoms with van der Waals surface area (Å²) < 4.78 is 14.5. The van der Waals surface area contributed by atoms with Gasteiger partial charge in [0.15, 0.2) is 0 Å². The highest BCUT2D eigenvalue weighted by Gasteiger charge is 2.46. The highest BCUT2D eigenvalue weighted by atomic mass is 32.3. The van der Waals surface area contributed by atoms with Crippen molar-refractivity contribution in [3.05, 3.63) is 0 Å². The fraction of sp³-hybridized carbons (Fsp3) is 0.857. The van der Waals surface area contributed by atoms with Crippen molar-refractivity contribution >= 4 is 17.0 Å². The summed E-state index contributed by atoms with van der Waals surface area (Å²) in [7, 11) is -0.368. The zero-order valence-electron chi connectivity index (χ0n) is 8.70. The van der Waals surface area contributed by atoms with E-state index in [0.29, 0.717) is 0 Å². The third-order valence-corrected chi connectivity index (χ3v) is 3.77. The predicted molar refractivity (Wildman–Crippen MR) is 54.9 cm³/mol. The molecule has 0 aromatic carbocycles. The first-order valence-corrected chi connectivity index (χ1v) is 6.08. The highest BCUT2D eigenvalue weighted by Crippen LogP contribution is 2.64. The lowest BCUT2D eigenvalue weighted by Crippen LogP contribution is -2.38. The molecular weight excluding hydrogens is 206 g/mol. The third-order valence-electron chi connectivity index (χ3n) is 1.81. The van der Waals surface area contributed by atoms with E-state index >= 15 is 0 Å². The van der Waals surface area contributed by atoms with Crippen LogP contribution in [-0.4, -0.2) is 30.5 Å². The number of carbonyl (C=O) groups is 1. The Bertz CT molecular complexity index is 210. The number of amides is 2. The summed E-state index contributed by atoms with van der Waals surface area (Å²) in [6.45, 7) is 5.70. The van der Waals surface area contributed by atoms with Gasteiger partial charge < -0.3 is 5.32 Å². The molecule has 0 aromatic rings. The van der Waals surface area contributed by atoms with E-state index in [0.717, 1.165) is 19.5 Å². The summed E-state index contributed by atoms with van der Waals surface area (Å²) >= 11 is 0. The number of hydrogen-bond acceptors (Lipinski definition) is 4. The Morgan fingerprint density at radius 3 is 2.43 bits per heavy atom. The molecule has 2 N–H and O–H groups in total. The molecule has 1 aliphatic heterocycles. The maximum absolute atomic E-state index is 11.1. The molecule has 1 aliphatic rings. The van der Waals surface area contributed by atoms with Gasteiger partial charge in [-0.2, -0.15) is 4.31 Å². The zero-order valence-corrected chi connectivity index (χ0v) is 9.52. The van der Waals surface area contributed by atoms with Crippen molar-refractivity contribution in [2.45, 2.75) is 20.3 Å². The summed E-state index contributed by atoms with van der Waals surface area (Å²) in [5, 5.41) is 2.47.